The van der Waals surface area contributed by atoms with Gasteiger partial charge in [0.25, 0.3) is 0 Å². The van der Waals surface area contributed by atoms with Crippen molar-refractivity contribution in [2.45, 2.75) is 33.6 Å². The number of carboxylic acid groups (broad SMARTS) is 1. The molecule has 0 amide bonds. The molecular formula is C17H27NO3. The summed E-state index contributed by atoms with van der Waals surface area (Å²) < 4.78 is 5.68. The summed E-state index contributed by atoms with van der Waals surface area (Å²) in [5.74, 6) is -0.127. The highest BCUT2D eigenvalue weighted by Crippen LogP contribution is 2.12. The van der Waals surface area contributed by atoms with Crippen molar-refractivity contribution in [1.82, 2.24) is 4.90 Å². The molecule has 0 aliphatic heterocycles. The maximum absolute atomic E-state index is 10.9. The van der Waals surface area contributed by atoms with E-state index in [4.69, 9.17) is 9.84 Å². The van der Waals surface area contributed by atoms with E-state index in [0.29, 0.717) is 13.2 Å². The minimum atomic E-state index is -0.726. The number of ether oxygens (including phenoxy) is 1. The lowest BCUT2D eigenvalue weighted by molar-refractivity contribution is -0.141. The summed E-state index contributed by atoms with van der Waals surface area (Å²) in [5.41, 5.74) is 1.23. The second-order valence-corrected chi connectivity index (χ2v) is 5.50. The Morgan fingerprint density at radius 1 is 1.29 bits per heavy atom. The molecule has 118 valence electrons. The monoisotopic (exact) mass is 293 g/mol. The summed E-state index contributed by atoms with van der Waals surface area (Å²) in [6.45, 7) is 9.01. The Morgan fingerprint density at radius 2 is 1.95 bits per heavy atom. The number of aryl methyl sites for hydroxylation is 1. The van der Waals surface area contributed by atoms with E-state index in [1.165, 1.54) is 5.56 Å². The summed E-state index contributed by atoms with van der Waals surface area (Å²) in [7, 11) is 0. The molecule has 0 aliphatic rings. The number of benzene rings is 1. The second kappa shape index (κ2) is 9.40. The van der Waals surface area contributed by atoms with Crippen LogP contribution >= 0.6 is 0 Å². The summed E-state index contributed by atoms with van der Waals surface area (Å²) in [4.78, 5) is 13.0. The third kappa shape index (κ3) is 7.14. The quantitative estimate of drug-likeness (QED) is 0.673. The van der Waals surface area contributed by atoms with Crippen molar-refractivity contribution in [2.24, 2.45) is 5.92 Å². The van der Waals surface area contributed by atoms with Gasteiger partial charge in [-0.05, 0) is 45.0 Å². The van der Waals surface area contributed by atoms with Crippen molar-refractivity contribution >= 4 is 5.97 Å². The Kier molecular flexibility index (Phi) is 7.83. The molecule has 0 saturated carbocycles. The summed E-state index contributed by atoms with van der Waals surface area (Å²) in [6, 6.07) is 8.06. The van der Waals surface area contributed by atoms with Gasteiger partial charge in [-0.15, -0.1) is 0 Å². The molecule has 1 N–H and O–H groups in total. The van der Waals surface area contributed by atoms with Crippen LogP contribution in [0.15, 0.2) is 24.3 Å². The standard InChI is InChI=1S/C17H27NO3/c1-4-18(13-15(3)17(19)20)11-5-6-12-21-16-9-7-14(2)8-10-16/h7-10,15H,4-6,11-13H2,1-3H3,(H,19,20). The van der Waals surface area contributed by atoms with Gasteiger partial charge in [0.2, 0.25) is 0 Å². The van der Waals surface area contributed by atoms with Gasteiger partial charge in [-0.2, -0.15) is 0 Å². The van der Waals surface area contributed by atoms with Crippen LogP contribution in [0.2, 0.25) is 0 Å². The molecule has 4 nitrogen and oxygen atoms in total. The number of carboxylic acids is 1. The molecule has 0 aliphatic carbocycles. The number of unbranched alkanes of at least 4 members (excludes halogenated alkanes) is 1. The zero-order chi connectivity index (χ0) is 15.7. The second-order valence-electron chi connectivity index (χ2n) is 5.50. The van der Waals surface area contributed by atoms with Crippen molar-refractivity contribution in [3.63, 3.8) is 0 Å². The first kappa shape index (κ1) is 17.5. The van der Waals surface area contributed by atoms with Gasteiger partial charge in [0.15, 0.2) is 0 Å². The van der Waals surface area contributed by atoms with Crippen molar-refractivity contribution < 1.29 is 14.6 Å². The minimum Gasteiger partial charge on any atom is -0.494 e. The zero-order valence-electron chi connectivity index (χ0n) is 13.3. The van der Waals surface area contributed by atoms with E-state index >= 15 is 0 Å². The molecule has 0 spiro atoms. The molecule has 0 heterocycles. The molecule has 0 fully saturated rings. The molecule has 1 atom stereocenters. The molecule has 1 aromatic carbocycles. The predicted octanol–water partition coefficient (Wildman–Crippen LogP) is 3.20. The van der Waals surface area contributed by atoms with Gasteiger partial charge in [0.05, 0.1) is 12.5 Å². The van der Waals surface area contributed by atoms with E-state index in [1.807, 2.05) is 24.3 Å². The van der Waals surface area contributed by atoms with Crippen LogP contribution in [-0.2, 0) is 4.79 Å². The molecule has 21 heavy (non-hydrogen) atoms. The van der Waals surface area contributed by atoms with E-state index < -0.39 is 5.97 Å². The van der Waals surface area contributed by atoms with Gasteiger partial charge in [-0.1, -0.05) is 31.5 Å². The van der Waals surface area contributed by atoms with E-state index in [-0.39, 0.29) is 5.92 Å². The largest absolute Gasteiger partial charge is 0.494 e. The smallest absolute Gasteiger partial charge is 0.307 e. The van der Waals surface area contributed by atoms with E-state index in [2.05, 4.69) is 18.7 Å². The fraction of sp³-hybridized carbons (Fsp3) is 0.588. The van der Waals surface area contributed by atoms with E-state index in [1.54, 1.807) is 6.92 Å². The van der Waals surface area contributed by atoms with Gasteiger partial charge in [0, 0.05) is 6.54 Å². The molecule has 1 unspecified atom stereocenters. The Hall–Kier alpha value is -1.55. The predicted molar refractivity (Wildman–Crippen MR) is 84.8 cm³/mol. The average molecular weight is 293 g/mol. The Labute approximate surface area is 127 Å². The summed E-state index contributed by atoms with van der Waals surface area (Å²) in [6.07, 6.45) is 2.00. The van der Waals surface area contributed by atoms with Crippen molar-refractivity contribution in [3.05, 3.63) is 29.8 Å². The van der Waals surface area contributed by atoms with Gasteiger partial charge in [-0.25, -0.2) is 0 Å². The van der Waals surface area contributed by atoms with Crippen LogP contribution in [0.4, 0.5) is 0 Å². The lowest BCUT2D eigenvalue weighted by Crippen LogP contribution is -2.32. The molecule has 4 heteroatoms. The van der Waals surface area contributed by atoms with Crippen LogP contribution in [0.3, 0.4) is 0 Å². The third-order valence-electron chi connectivity index (χ3n) is 3.56. The molecule has 0 radical (unpaired) electrons. The zero-order valence-corrected chi connectivity index (χ0v) is 13.3. The molecule has 0 bridgehead atoms. The number of hydrogen-bond donors (Lipinski definition) is 1. The average Bonchev–Trinajstić information content (AvgIpc) is 2.47. The maximum atomic E-state index is 10.9. The lowest BCUT2D eigenvalue weighted by atomic mass is 10.1. The maximum Gasteiger partial charge on any atom is 0.307 e. The molecular weight excluding hydrogens is 266 g/mol. The molecule has 0 aromatic heterocycles. The van der Waals surface area contributed by atoms with Crippen molar-refractivity contribution in [3.8, 4) is 5.75 Å². The van der Waals surface area contributed by atoms with Crippen LogP contribution in [0.5, 0.6) is 5.75 Å². The fourth-order valence-electron chi connectivity index (χ4n) is 2.11. The van der Waals surface area contributed by atoms with Gasteiger partial charge >= 0.3 is 5.97 Å². The Bertz CT molecular complexity index is 417. The number of aliphatic carboxylic acids is 1. The molecule has 1 rings (SSSR count). The molecule has 0 saturated heterocycles. The summed E-state index contributed by atoms with van der Waals surface area (Å²) >= 11 is 0. The van der Waals surface area contributed by atoms with Crippen LogP contribution in [0.1, 0.15) is 32.3 Å². The third-order valence-corrected chi connectivity index (χ3v) is 3.56. The minimum absolute atomic E-state index is 0.311. The molecule has 1 aromatic rings. The normalized spacial score (nSPS) is 12.4. The number of hydrogen-bond acceptors (Lipinski definition) is 3. The van der Waals surface area contributed by atoms with E-state index in [9.17, 15) is 4.79 Å². The SMILES string of the molecule is CCN(CCCCOc1ccc(C)cc1)CC(C)C(=O)O. The fourth-order valence-corrected chi connectivity index (χ4v) is 2.11. The highest BCUT2D eigenvalue weighted by Gasteiger charge is 2.14. The van der Waals surface area contributed by atoms with Crippen molar-refractivity contribution in [1.29, 1.82) is 0 Å². The van der Waals surface area contributed by atoms with Crippen LogP contribution in [-0.4, -0.2) is 42.2 Å². The first-order valence-corrected chi connectivity index (χ1v) is 7.67. The van der Waals surface area contributed by atoms with Crippen LogP contribution in [0, 0.1) is 12.8 Å². The van der Waals surface area contributed by atoms with Gasteiger partial charge in [0.1, 0.15) is 5.75 Å². The Morgan fingerprint density at radius 3 is 2.52 bits per heavy atom. The van der Waals surface area contributed by atoms with E-state index in [0.717, 1.165) is 31.7 Å². The van der Waals surface area contributed by atoms with Crippen LogP contribution < -0.4 is 4.74 Å². The topological polar surface area (TPSA) is 49.8 Å². The summed E-state index contributed by atoms with van der Waals surface area (Å²) in [5, 5.41) is 8.93. The lowest BCUT2D eigenvalue weighted by Gasteiger charge is -2.22. The first-order valence-electron chi connectivity index (χ1n) is 7.67. The van der Waals surface area contributed by atoms with Gasteiger partial charge < -0.3 is 14.7 Å². The van der Waals surface area contributed by atoms with Crippen LogP contribution in [0.25, 0.3) is 0 Å². The van der Waals surface area contributed by atoms with Gasteiger partial charge in [-0.3, -0.25) is 4.79 Å². The number of rotatable bonds is 10. The highest BCUT2D eigenvalue weighted by molar-refractivity contribution is 5.69. The highest BCUT2D eigenvalue weighted by atomic mass is 16.5. The van der Waals surface area contributed by atoms with Crippen molar-refractivity contribution in [2.75, 3.05) is 26.2 Å². The Balaban J connectivity index is 2.17. The number of nitrogens with zero attached hydrogens (tertiary/aromatic N) is 1. The number of carbonyl (C=O) groups is 1. The first-order chi connectivity index (χ1) is 10.0.